The SMILES string of the molecule is CS(=O)(=O)N1CCc2cccc(Nc3nc(Nc4ccc(N5CCC(N6CCN(CCC7CCN(c8ccc(C9CCC(=O)NC9=O)cc8)CC7)CC6)CC5)c5c4OCC5)ncc3Cl)c21. The number of imide groups is 1. The first-order valence-electron chi connectivity index (χ1n) is 23.4. The fourth-order valence-electron chi connectivity index (χ4n) is 10.9. The third kappa shape index (κ3) is 9.45. The second kappa shape index (κ2) is 18.6. The Kier molecular flexibility index (Phi) is 12.5. The lowest BCUT2D eigenvalue weighted by molar-refractivity contribution is -0.134. The maximum absolute atomic E-state index is 12.6. The van der Waals surface area contributed by atoms with E-state index in [1.165, 1.54) is 53.3 Å². The second-order valence-corrected chi connectivity index (χ2v) is 20.8. The molecule has 1 unspecified atom stereocenters. The topological polar surface area (TPSA) is 156 Å². The van der Waals surface area contributed by atoms with E-state index < -0.39 is 10.0 Å². The third-order valence-corrected chi connectivity index (χ3v) is 16.0. The van der Waals surface area contributed by atoms with Gasteiger partial charge in [0.25, 0.3) is 0 Å². The van der Waals surface area contributed by atoms with Crippen molar-refractivity contribution in [3.05, 3.63) is 82.5 Å². The van der Waals surface area contributed by atoms with Gasteiger partial charge in [-0.1, -0.05) is 35.9 Å². The third-order valence-electron chi connectivity index (χ3n) is 14.5. The normalized spacial score (nSPS) is 21.3. The lowest BCUT2D eigenvalue weighted by Crippen LogP contribution is -2.53. The first-order valence-corrected chi connectivity index (χ1v) is 25.6. The van der Waals surface area contributed by atoms with Crippen molar-refractivity contribution in [3.63, 3.8) is 0 Å². The average Bonchev–Trinajstić information content (AvgIpc) is 4.00. The minimum Gasteiger partial charge on any atom is -0.491 e. The predicted molar refractivity (Wildman–Crippen MR) is 256 cm³/mol. The number of piperazine rings is 1. The maximum atomic E-state index is 12.6. The van der Waals surface area contributed by atoms with E-state index in [9.17, 15) is 18.0 Å². The van der Waals surface area contributed by atoms with Crippen molar-refractivity contribution in [3.8, 4) is 5.75 Å². The van der Waals surface area contributed by atoms with Crippen molar-refractivity contribution >= 4 is 73.6 Å². The number of amides is 2. The zero-order valence-corrected chi connectivity index (χ0v) is 38.7. The molecule has 1 atom stereocenters. The number of nitrogens with zero attached hydrogens (tertiary/aromatic N) is 7. The largest absolute Gasteiger partial charge is 0.491 e. The highest BCUT2D eigenvalue weighted by atomic mass is 35.5. The van der Waals surface area contributed by atoms with Crippen molar-refractivity contribution in [1.82, 2.24) is 25.1 Å². The number of nitrogens with one attached hydrogen (secondary N) is 3. The van der Waals surface area contributed by atoms with Crippen molar-refractivity contribution in [2.75, 3.05) is 103 Å². The molecular weight excluding hydrogens is 864 g/mol. The number of aromatic nitrogens is 2. The number of rotatable bonds is 12. The van der Waals surface area contributed by atoms with Crippen LogP contribution in [-0.4, -0.2) is 124 Å². The van der Waals surface area contributed by atoms with E-state index in [-0.39, 0.29) is 17.7 Å². The Morgan fingerprint density at radius 2 is 1.58 bits per heavy atom. The highest BCUT2D eigenvalue weighted by molar-refractivity contribution is 7.92. The Morgan fingerprint density at radius 1 is 0.815 bits per heavy atom. The zero-order valence-electron chi connectivity index (χ0n) is 37.1. The molecule has 3 aromatic carbocycles. The van der Waals surface area contributed by atoms with E-state index >= 15 is 0 Å². The molecule has 2 amide bonds. The van der Waals surface area contributed by atoms with Gasteiger partial charge in [0.15, 0.2) is 5.82 Å². The molecule has 10 rings (SSSR count). The Balaban J connectivity index is 0.680. The molecule has 17 heteroatoms. The molecule has 4 saturated heterocycles. The van der Waals surface area contributed by atoms with Crippen molar-refractivity contribution < 1.29 is 22.7 Å². The van der Waals surface area contributed by atoms with Gasteiger partial charge in [0, 0.05) is 94.7 Å². The van der Waals surface area contributed by atoms with E-state index in [1.54, 1.807) is 6.20 Å². The van der Waals surface area contributed by atoms with Crippen LogP contribution >= 0.6 is 11.6 Å². The summed E-state index contributed by atoms with van der Waals surface area (Å²) >= 11 is 6.58. The Labute approximate surface area is 386 Å². The number of ether oxygens (including phenoxy) is 1. The highest BCUT2D eigenvalue weighted by Crippen LogP contribution is 2.43. The van der Waals surface area contributed by atoms with Gasteiger partial charge in [-0.2, -0.15) is 4.98 Å². The van der Waals surface area contributed by atoms with Crippen LogP contribution in [0.3, 0.4) is 0 Å². The summed E-state index contributed by atoms with van der Waals surface area (Å²) in [6, 6.07) is 19.0. The van der Waals surface area contributed by atoms with E-state index in [1.807, 2.05) is 18.2 Å². The minimum absolute atomic E-state index is 0.172. The van der Waals surface area contributed by atoms with Gasteiger partial charge in [0.2, 0.25) is 27.8 Å². The monoisotopic (exact) mass is 922 g/mol. The number of sulfonamides is 1. The molecule has 6 aliphatic rings. The van der Waals surface area contributed by atoms with E-state index in [2.05, 4.69) is 76.9 Å². The highest BCUT2D eigenvalue weighted by Gasteiger charge is 2.33. The van der Waals surface area contributed by atoms with Crippen LogP contribution in [0.25, 0.3) is 0 Å². The molecule has 0 spiro atoms. The predicted octanol–water partition coefficient (Wildman–Crippen LogP) is 6.29. The van der Waals surface area contributed by atoms with Gasteiger partial charge < -0.3 is 30.1 Å². The van der Waals surface area contributed by atoms with Crippen LogP contribution in [0.2, 0.25) is 5.02 Å². The summed E-state index contributed by atoms with van der Waals surface area (Å²) in [5.74, 6) is 1.74. The summed E-state index contributed by atoms with van der Waals surface area (Å²) < 4.78 is 32.8. The molecule has 65 heavy (non-hydrogen) atoms. The molecule has 344 valence electrons. The molecule has 1 aromatic heterocycles. The Bertz CT molecular complexity index is 2520. The van der Waals surface area contributed by atoms with Crippen LogP contribution in [0.1, 0.15) is 67.6 Å². The molecule has 3 N–H and O–H groups in total. The molecule has 0 bridgehead atoms. The average molecular weight is 924 g/mol. The second-order valence-electron chi connectivity index (χ2n) is 18.5. The van der Waals surface area contributed by atoms with Gasteiger partial charge in [-0.25, -0.2) is 13.4 Å². The fraction of sp³-hybridized carbons (Fsp3) is 0.500. The summed E-state index contributed by atoms with van der Waals surface area (Å²) in [5.41, 5.74) is 7.66. The van der Waals surface area contributed by atoms with Crippen molar-refractivity contribution in [2.24, 2.45) is 5.92 Å². The smallest absolute Gasteiger partial charge is 0.234 e. The van der Waals surface area contributed by atoms with Gasteiger partial charge in [0.1, 0.15) is 10.8 Å². The molecule has 7 heterocycles. The molecule has 15 nitrogen and oxygen atoms in total. The first kappa shape index (κ1) is 43.7. The number of piperidine rings is 3. The first-order chi connectivity index (χ1) is 31.5. The fourth-order valence-corrected chi connectivity index (χ4v) is 12.0. The van der Waals surface area contributed by atoms with Gasteiger partial charge in [0.05, 0.1) is 42.0 Å². The van der Waals surface area contributed by atoms with Crippen LogP contribution in [0.5, 0.6) is 5.75 Å². The number of hydrogen-bond acceptors (Lipinski definition) is 13. The van der Waals surface area contributed by atoms with E-state index in [0.29, 0.717) is 66.6 Å². The Hall–Kier alpha value is -5.16. The van der Waals surface area contributed by atoms with Crippen LogP contribution in [0.15, 0.2) is 60.8 Å². The zero-order chi connectivity index (χ0) is 44.7. The van der Waals surface area contributed by atoms with E-state index in [0.717, 1.165) is 100 Å². The lowest BCUT2D eigenvalue weighted by Gasteiger charge is -2.44. The Morgan fingerprint density at radius 3 is 2.34 bits per heavy atom. The number of hydrogen-bond donors (Lipinski definition) is 3. The summed E-state index contributed by atoms with van der Waals surface area (Å²) in [6.07, 6.45) is 11.2. The summed E-state index contributed by atoms with van der Waals surface area (Å²) in [6.45, 7) is 10.9. The van der Waals surface area contributed by atoms with Crippen LogP contribution in [0, 0.1) is 5.92 Å². The minimum atomic E-state index is -3.45. The van der Waals surface area contributed by atoms with Gasteiger partial charge in [-0.3, -0.25) is 24.1 Å². The number of halogens is 1. The van der Waals surface area contributed by atoms with Crippen LogP contribution in [-0.2, 0) is 32.5 Å². The van der Waals surface area contributed by atoms with Crippen molar-refractivity contribution in [2.45, 2.75) is 69.7 Å². The quantitative estimate of drug-likeness (QED) is 0.137. The van der Waals surface area contributed by atoms with Gasteiger partial charge in [-0.15, -0.1) is 0 Å². The standard InChI is InChI=1S/C48H59ClN10O5S/c1-65(62,63)59-25-16-34-3-2-4-40(44(34)59)51-46-39(49)31-50-48(54-46)52-41-10-11-42(38-19-30-64-45(38)41)58-23-17-36(18-24-58)57-28-26-55(27-29-57)20-13-32-14-21-56(22-15-32)35-7-5-33(6-8-35)37-9-12-43(60)53-47(37)61/h2-8,10-11,31-32,36-37H,9,12-30H2,1H3,(H,53,60,61)(H2,50,51,52,54). The molecule has 0 aliphatic carbocycles. The van der Waals surface area contributed by atoms with Gasteiger partial charge in [-0.05, 0) is 98.9 Å². The van der Waals surface area contributed by atoms with Crippen LogP contribution < -0.4 is 34.8 Å². The molecule has 4 aromatic rings. The number of benzene rings is 3. The van der Waals surface area contributed by atoms with Gasteiger partial charge >= 0.3 is 0 Å². The maximum Gasteiger partial charge on any atom is 0.234 e. The number of carbonyl (C=O) groups is 2. The number of para-hydroxylation sites is 1. The van der Waals surface area contributed by atoms with Crippen LogP contribution in [0.4, 0.5) is 40.2 Å². The number of anilines is 7. The summed E-state index contributed by atoms with van der Waals surface area (Å²) in [7, 11) is -3.45. The summed E-state index contributed by atoms with van der Waals surface area (Å²) in [5, 5.41) is 9.45. The summed E-state index contributed by atoms with van der Waals surface area (Å²) in [4.78, 5) is 43.5. The van der Waals surface area contributed by atoms with E-state index in [4.69, 9.17) is 21.3 Å². The number of fused-ring (bicyclic) bond motifs is 2. The molecule has 0 radical (unpaired) electrons. The molecular formula is C48H59ClN10O5S. The lowest BCUT2D eigenvalue weighted by atomic mass is 9.90. The number of carbonyl (C=O) groups excluding carboxylic acids is 2. The molecule has 0 saturated carbocycles. The molecule has 6 aliphatic heterocycles. The molecule has 4 fully saturated rings. The van der Waals surface area contributed by atoms with Crippen molar-refractivity contribution in [1.29, 1.82) is 0 Å².